The van der Waals surface area contributed by atoms with Gasteiger partial charge in [-0.05, 0) is 80.9 Å². The van der Waals surface area contributed by atoms with Gasteiger partial charge < -0.3 is 15.5 Å². The average Bonchev–Trinajstić information content (AvgIpc) is 3.31. The van der Waals surface area contributed by atoms with E-state index in [4.69, 9.17) is 0 Å². The van der Waals surface area contributed by atoms with Crippen molar-refractivity contribution < 1.29 is 9.59 Å². The zero-order chi connectivity index (χ0) is 22.7. The Kier molecular flexibility index (Phi) is 6.80. The van der Waals surface area contributed by atoms with Crippen molar-refractivity contribution in [3.05, 3.63) is 58.7 Å². The van der Waals surface area contributed by atoms with Crippen LogP contribution in [0.15, 0.2) is 36.4 Å². The monoisotopic (exact) mass is 434 g/mol. The molecule has 1 saturated heterocycles. The molecule has 4 rings (SSSR count). The number of rotatable bonds is 5. The Labute approximate surface area is 191 Å². The molecule has 1 atom stereocenters. The Morgan fingerprint density at radius 3 is 2.41 bits per heavy atom. The molecule has 2 aromatic rings. The van der Waals surface area contributed by atoms with Gasteiger partial charge in [-0.25, -0.2) is 0 Å². The van der Waals surface area contributed by atoms with Crippen molar-refractivity contribution in [2.75, 3.05) is 43.4 Å². The maximum Gasteiger partial charge on any atom is 0.313 e. The average molecular weight is 435 g/mol. The molecule has 6 heteroatoms. The van der Waals surface area contributed by atoms with Crippen molar-refractivity contribution in [3.63, 3.8) is 0 Å². The molecule has 0 bridgehead atoms. The maximum absolute atomic E-state index is 12.6. The number of carbonyl (C=O) groups is 2. The lowest BCUT2D eigenvalue weighted by Crippen LogP contribution is -2.41. The number of para-hydroxylation sites is 1. The van der Waals surface area contributed by atoms with E-state index in [1.54, 1.807) is 0 Å². The summed E-state index contributed by atoms with van der Waals surface area (Å²) in [5.74, 6) is -1.20. The minimum absolute atomic E-state index is 0.0759. The highest BCUT2D eigenvalue weighted by Crippen LogP contribution is 2.32. The molecule has 1 fully saturated rings. The summed E-state index contributed by atoms with van der Waals surface area (Å²) in [6.07, 6.45) is 4.59. The van der Waals surface area contributed by atoms with Crippen LogP contribution in [0.3, 0.4) is 0 Å². The highest BCUT2D eigenvalue weighted by molar-refractivity contribution is 6.39. The molecule has 0 unspecified atom stereocenters. The molecule has 0 saturated carbocycles. The maximum atomic E-state index is 12.6. The third-order valence-corrected chi connectivity index (χ3v) is 6.80. The van der Waals surface area contributed by atoms with Crippen molar-refractivity contribution in [1.82, 2.24) is 10.2 Å². The van der Waals surface area contributed by atoms with Gasteiger partial charge in [-0.15, -0.1) is 0 Å². The van der Waals surface area contributed by atoms with Gasteiger partial charge in [0.15, 0.2) is 0 Å². The second-order valence-electron chi connectivity index (χ2n) is 9.10. The van der Waals surface area contributed by atoms with Crippen LogP contribution in [0.1, 0.15) is 47.6 Å². The van der Waals surface area contributed by atoms with Gasteiger partial charge >= 0.3 is 11.8 Å². The summed E-state index contributed by atoms with van der Waals surface area (Å²) in [4.78, 5) is 30.0. The number of fused-ring (bicyclic) bond motifs is 1. The standard InChI is InChI=1S/C26H34N4O2/c1-18-8-6-9-19(2)24(18)28-26(32)25(31)27-17-23(30-14-4-5-15-30)21-11-12-22-20(16-21)10-7-13-29(22)3/h6,8-9,11-12,16,23H,4-5,7,10,13-15,17H2,1-3H3,(H,27,31)(H,28,32)/t23-/m1/s1. The van der Waals surface area contributed by atoms with Crippen LogP contribution in [0.4, 0.5) is 11.4 Å². The number of aryl methyl sites for hydroxylation is 3. The number of likely N-dealkylation sites (tertiary alicyclic amines) is 1. The first-order valence-corrected chi connectivity index (χ1v) is 11.7. The Morgan fingerprint density at radius 2 is 1.69 bits per heavy atom. The van der Waals surface area contributed by atoms with Gasteiger partial charge in [0.25, 0.3) is 0 Å². The highest BCUT2D eigenvalue weighted by Gasteiger charge is 2.26. The summed E-state index contributed by atoms with van der Waals surface area (Å²) in [5.41, 5.74) is 6.50. The van der Waals surface area contributed by atoms with Gasteiger partial charge in [0.2, 0.25) is 0 Å². The van der Waals surface area contributed by atoms with Gasteiger partial charge in [-0.3, -0.25) is 14.5 Å². The highest BCUT2D eigenvalue weighted by atomic mass is 16.2. The molecule has 2 aromatic carbocycles. The molecule has 2 aliphatic heterocycles. The van der Waals surface area contributed by atoms with E-state index >= 15 is 0 Å². The second-order valence-corrected chi connectivity index (χ2v) is 9.10. The normalized spacial score (nSPS) is 17.0. The lowest BCUT2D eigenvalue weighted by molar-refractivity contribution is -0.136. The van der Waals surface area contributed by atoms with E-state index in [9.17, 15) is 9.59 Å². The number of hydrogen-bond donors (Lipinski definition) is 2. The number of benzene rings is 2. The van der Waals surface area contributed by atoms with Gasteiger partial charge in [0.05, 0.1) is 6.04 Å². The topological polar surface area (TPSA) is 64.7 Å². The molecule has 6 nitrogen and oxygen atoms in total. The molecule has 32 heavy (non-hydrogen) atoms. The van der Waals surface area contributed by atoms with Crippen molar-refractivity contribution in [2.45, 2.75) is 45.6 Å². The molecule has 0 aromatic heterocycles. The van der Waals surface area contributed by atoms with Crippen molar-refractivity contribution in [2.24, 2.45) is 0 Å². The summed E-state index contributed by atoms with van der Waals surface area (Å²) < 4.78 is 0. The van der Waals surface area contributed by atoms with E-state index in [2.05, 4.69) is 45.7 Å². The number of hydrogen-bond acceptors (Lipinski definition) is 4. The zero-order valence-corrected chi connectivity index (χ0v) is 19.4. The number of nitrogens with one attached hydrogen (secondary N) is 2. The summed E-state index contributed by atoms with van der Waals surface area (Å²) in [7, 11) is 2.14. The first-order valence-electron chi connectivity index (χ1n) is 11.7. The molecular weight excluding hydrogens is 400 g/mol. The molecule has 0 spiro atoms. The molecule has 2 heterocycles. The van der Waals surface area contributed by atoms with Crippen molar-refractivity contribution in [3.8, 4) is 0 Å². The minimum Gasteiger partial charge on any atom is -0.374 e. The molecule has 2 amide bonds. The van der Waals surface area contributed by atoms with E-state index < -0.39 is 11.8 Å². The van der Waals surface area contributed by atoms with Crippen molar-refractivity contribution in [1.29, 1.82) is 0 Å². The molecule has 0 aliphatic carbocycles. The van der Waals surface area contributed by atoms with Crippen LogP contribution < -0.4 is 15.5 Å². The van der Waals surface area contributed by atoms with Gasteiger partial charge in [0.1, 0.15) is 0 Å². The van der Waals surface area contributed by atoms with Gasteiger partial charge in [0, 0.05) is 31.5 Å². The van der Waals surface area contributed by atoms with E-state index in [-0.39, 0.29) is 6.04 Å². The predicted octanol–water partition coefficient (Wildman–Crippen LogP) is 3.58. The van der Waals surface area contributed by atoms with Crippen LogP contribution in [0, 0.1) is 13.8 Å². The third-order valence-electron chi connectivity index (χ3n) is 6.80. The Balaban J connectivity index is 1.46. The van der Waals surface area contributed by atoms with Crippen LogP contribution >= 0.6 is 0 Å². The van der Waals surface area contributed by atoms with Crippen LogP contribution in [-0.4, -0.2) is 49.9 Å². The smallest absolute Gasteiger partial charge is 0.313 e. The lowest BCUT2D eigenvalue weighted by Gasteiger charge is -2.31. The summed E-state index contributed by atoms with van der Waals surface area (Å²) in [6, 6.07) is 12.6. The van der Waals surface area contributed by atoms with Crippen molar-refractivity contribution >= 4 is 23.2 Å². The van der Waals surface area contributed by atoms with Crippen LogP contribution in [0.25, 0.3) is 0 Å². The number of anilines is 2. The first-order chi connectivity index (χ1) is 15.4. The first kappa shape index (κ1) is 22.3. The molecule has 0 radical (unpaired) electrons. The minimum atomic E-state index is -0.616. The Bertz CT molecular complexity index is 977. The molecule has 2 aliphatic rings. The summed E-state index contributed by atoms with van der Waals surface area (Å²) in [6.45, 7) is 7.41. The van der Waals surface area contributed by atoms with Gasteiger partial charge in [-0.1, -0.05) is 30.3 Å². The van der Waals surface area contributed by atoms with E-state index in [1.165, 1.54) is 29.7 Å². The zero-order valence-electron chi connectivity index (χ0n) is 19.4. The SMILES string of the molecule is Cc1cccc(C)c1NC(=O)C(=O)NC[C@H](c1ccc2c(c1)CCCN2C)N1CCCC1. The molecule has 170 valence electrons. The second kappa shape index (κ2) is 9.74. The Hall–Kier alpha value is -2.86. The largest absolute Gasteiger partial charge is 0.374 e. The van der Waals surface area contributed by atoms with Gasteiger partial charge in [-0.2, -0.15) is 0 Å². The Morgan fingerprint density at radius 1 is 0.969 bits per heavy atom. The fraction of sp³-hybridized carbons (Fsp3) is 0.462. The number of carbonyl (C=O) groups excluding carboxylic acids is 2. The van der Waals surface area contributed by atoms with E-state index in [0.717, 1.165) is 43.6 Å². The van der Waals surface area contributed by atoms with E-state index in [1.807, 2.05) is 32.0 Å². The number of amides is 2. The van der Waals surface area contributed by atoms with E-state index in [0.29, 0.717) is 12.2 Å². The quantitative estimate of drug-likeness (QED) is 0.706. The molecule has 2 N–H and O–H groups in total. The van der Waals surface area contributed by atoms with Crippen LogP contribution in [-0.2, 0) is 16.0 Å². The summed E-state index contributed by atoms with van der Waals surface area (Å²) >= 11 is 0. The van der Waals surface area contributed by atoms with Crippen LogP contribution in [0.5, 0.6) is 0 Å². The summed E-state index contributed by atoms with van der Waals surface area (Å²) in [5, 5.41) is 5.69. The van der Waals surface area contributed by atoms with Crippen LogP contribution in [0.2, 0.25) is 0 Å². The molecular formula is C26H34N4O2. The fourth-order valence-corrected chi connectivity index (χ4v) is 4.98. The fourth-order valence-electron chi connectivity index (χ4n) is 4.98. The third kappa shape index (κ3) is 4.80. The lowest BCUT2D eigenvalue weighted by atomic mass is 9.96. The number of nitrogens with zero attached hydrogens (tertiary/aromatic N) is 2. The predicted molar refractivity (Wildman–Crippen MR) is 129 cm³/mol.